The summed E-state index contributed by atoms with van der Waals surface area (Å²) in [5, 5.41) is 0. The molecule has 2 heterocycles. The van der Waals surface area contributed by atoms with Gasteiger partial charge in [0.1, 0.15) is 0 Å². The Morgan fingerprint density at radius 3 is 1.61 bits per heavy atom. The van der Waals surface area contributed by atoms with Gasteiger partial charge in [0.2, 0.25) is 0 Å². The van der Waals surface area contributed by atoms with Crippen molar-refractivity contribution in [1.29, 1.82) is 0 Å². The average Bonchev–Trinajstić information content (AvgIpc) is 3.83. The second-order valence-electron chi connectivity index (χ2n) is 10.1. The second kappa shape index (κ2) is 19.1. The lowest BCUT2D eigenvalue weighted by Crippen LogP contribution is -2.46. The largest absolute Gasteiger partial charge is 0.500 e. The fourth-order valence-corrected chi connectivity index (χ4v) is 9.20. The molecular formula is C28H56O8Si2. The van der Waals surface area contributed by atoms with E-state index in [0.717, 1.165) is 24.3 Å². The molecule has 2 aliphatic carbocycles. The van der Waals surface area contributed by atoms with Crippen LogP contribution in [0.4, 0.5) is 0 Å². The minimum Gasteiger partial charge on any atom is -0.376 e. The molecule has 2 aliphatic heterocycles. The van der Waals surface area contributed by atoms with Crippen molar-refractivity contribution in [2.45, 2.75) is 117 Å². The minimum atomic E-state index is -2.43. The maximum absolute atomic E-state index is 5.90. The van der Waals surface area contributed by atoms with E-state index in [1.807, 2.05) is 41.5 Å². The molecule has 0 spiro atoms. The van der Waals surface area contributed by atoms with Crippen LogP contribution in [0.3, 0.4) is 0 Å². The first kappa shape index (κ1) is 34.1. The van der Waals surface area contributed by atoms with Gasteiger partial charge in [-0.1, -0.05) is 6.08 Å². The summed E-state index contributed by atoms with van der Waals surface area (Å²) in [5.41, 5.74) is 0. The van der Waals surface area contributed by atoms with Crippen molar-refractivity contribution in [2.24, 2.45) is 11.8 Å². The second-order valence-corrected chi connectivity index (χ2v) is 14.4. The van der Waals surface area contributed by atoms with Gasteiger partial charge < -0.3 is 36.0 Å². The van der Waals surface area contributed by atoms with E-state index in [2.05, 4.69) is 12.7 Å². The topological polar surface area (TPSA) is 80.4 Å². The van der Waals surface area contributed by atoms with Crippen LogP contribution < -0.4 is 0 Å². The van der Waals surface area contributed by atoms with Crippen LogP contribution in [0.1, 0.15) is 86.5 Å². The van der Waals surface area contributed by atoms with Crippen molar-refractivity contribution in [3.63, 3.8) is 0 Å². The molecule has 0 amide bonds. The van der Waals surface area contributed by atoms with E-state index in [-0.39, 0.29) is 0 Å². The highest BCUT2D eigenvalue weighted by molar-refractivity contribution is 6.60. The predicted octanol–water partition coefficient (Wildman–Crippen LogP) is 5.55. The molecule has 4 rings (SSSR count). The normalized spacial score (nSPS) is 29.2. The van der Waals surface area contributed by atoms with Gasteiger partial charge in [-0.05, 0) is 98.3 Å². The molecule has 6 atom stereocenters. The summed E-state index contributed by atoms with van der Waals surface area (Å²) in [5.74, 6) is 1.51. The van der Waals surface area contributed by atoms with E-state index < -0.39 is 18.3 Å². The van der Waals surface area contributed by atoms with Crippen molar-refractivity contribution in [3.8, 4) is 0 Å². The Labute approximate surface area is 235 Å². The summed E-state index contributed by atoms with van der Waals surface area (Å²) in [6.07, 6.45) is 13.2. The molecule has 8 nitrogen and oxygen atoms in total. The van der Waals surface area contributed by atoms with Crippen LogP contribution in [0.25, 0.3) is 0 Å². The minimum absolute atomic E-state index is 0.557. The molecular weight excluding hydrogens is 520 g/mol. The quantitative estimate of drug-likeness (QED) is 0.135. The number of allylic oxidation sites excluding steroid dienone is 1. The summed E-state index contributed by atoms with van der Waals surface area (Å²) in [6.45, 7) is 19.7. The molecule has 6 unspecified atom stereocenters. The Balaban J connectivity index is 0.000000223. The highest BCUT2D eigenvalue weighted by Crippen LogP contribution is 2.42. The van der Waals surface area contributed by atoms with Crippen LogP contribution >= 0.6 is 0 Å². The van der Waals surface area contributed by atoms with Crippen LogP contribution in [-0.4, -0.2) is 82.4 Å². The van der Waals surface area contributed by atoms with Gasteiger partial charge in [0.25, 0.3) is 0 Å². The third-order valence-corrected chi connectivity index (χ3v) is 12.3. The van der Waals surface area contributed by atoms with E-state index in [4.69, 9.17) is 36.0 Å². The van der Waals surface area contributed by atoms with Gasteiger partial charge in [-0.15, -0.1) is 6.58 Å². The van der Waals surface area contributed by atoms with E-state index in [1.165, 1.54) is 38.5 Å². The molecule has 0 N–H and O–H groups in total. The first-order chi connectivity index (χ1) is 18.5. The van der Waals surface area contributed by atoms with Gasteiger partial charge in [0.15, 0.2) is 0 Å². The maximum atomic E-state index is 5.90. The van der Waals surface area contributed by atoms with E-state index in [1.54, 1.807) is 0 Å². The lowest BCUT2D eigenvalue weighted by Gasteiger charge is -2.30. The smallest absolute Gasteiger partial charge is 0.376 e. The number of rotatable bonds is 16. The lowest BCUT2D eigenvalue weighted by atomic mass is 9.88. The Bertz CT molecular complexity index is 596. The van der Waals surface area contributed by atoms with Gasteiger partial charge in [-0.25, -0.2) is 0 Å². The van der Waals surface area contributed by atoms with Gasteiger partial charge in [-0.2, -0.15) is 0 Å². The number of fused-ring (bicyclic) bond motifs is 2. The third-order valence-electron chi connectivity index (χ3n) is 7.35. The number of hydrogen-bond acceptors (Lipinski definition) is 8. The molecule has 2 saturated carbocycles. The highest BCUT2D eigenvalue weighted by atomic mass is 28.4. The summed E-state index contributed by atoms with van der Waals surface area (Å²) in [4.78, 5) is 0. The zero-order valence-electron chi connectivity index (χ0n) is 25.0. The van der Waals surface area contributed by atoms with Crippen molar-refractivity contribution >= 4 is 18.3 Å². The van der Waals surface area contributed by atoms with Crippen LogP contribution in [0, 0.1) is 11.8 Å². The Morgan fingerprint density at radius 1 is 0.684 bits per heavy atom. The predicted molar refractivity (Wildman–Crippen MR) is 154 cm³/mol. The molecule has 0 aromatic rings. The average molecular weight is 577 g/mol. The Kier molecular flexibility index (Phi) is 17.1. The first-order valence-electron chi connectivity index (χ1n) is 15.2. The number of epoxide rings is 2. The fraction of sp³-hybridized carbons (Fsp3) is 0.929. The zero-order chi connectivity index (χ0) is 27.8. The molecule has 0 aromatic carbocycles. The van der Waals surface area contributed by atoms with Crippen LogP contribution in [0.5, 0.6) is 0 Å². The summed E-state index contributed by atoms with van der Waals surface area (Å²) in [7, 11) is -4.16. The van der Waals surface area contributed by atoms with Gasteiger partial charge >= 0.3 is 18.3 Å². The SMILES string of the molecule is C=CC1CCC2OC2C1.CCO[SiH](OCC)OCC.CCO[Si](CCC1CCC2OC2C1)(OCC)OCC. The molecule has 0 radical (unpaired) electrons. The molecule has 224 valence electrons. The molecule has 10 heteroatoms. The van der Waals surface area contributed by atoms with Gasteiger partial charge in [0.05, 0.1) is 24.4 Å². The van der Waals surface area contributed by atoms with Crippen LogP contribution in [0.2, 0.25) is 6.04 Å². The molecule has 4 aliphatic rings. The van der Waals surface area contributed by atoms with Gasteiger partial charge in [-0.3, -0.25) is 0 Å². The van der Waals surface area contributed by atoms with Crippen molar-refractivity contribution in [1.82, 2.24) is 0 Å². The zero-order valence-corrected chi connectivity index (χ0v) is 27.1. The standard InChI is InChI=1S/C14H28O4Si.C8H12O.C6H16O3Si/c1-4-15-19(16-5-2,17-6-3)10-9-12-7-8-13-14(11-12)18-13;1-2-6-3-4-7-8(5-6)9-7;1-4-7-10(8-5-2)9-6-3/h12-14H,4-11H2,1-3H3;2,6-8H,1,3-5H2;10H,4-6H2,1-3H3. The maximum Gasteiger partial charge on any atom is 0.500 e. The van der Waals surface area contributed by atoms with E-state index in [9.17, 15) is 0 Å². The summed E-state index contributed by atoms with van der Waals surface area (Å²) < 4.78 is 44.3. The van der Waals surface area contributed by atoms with Crippen LogP contribution in [0.15, 0.2) is 12.7 Å². The van der Waals surface area contributed by atoms with Gasteiger partial charge in [0, 0.05) is 45.7 Å². The van der Waals surface area contributed by atoms with Crippen LogP contribution in [-0.2, 0) is 36.0 Å². The fourth-order valence-electron chi connectivity index (χ4n) is 5.33. The number of hydrogen-bond donors (Lipinski definition) is 0. The molecule has 4 fully saturated rings. The number of ether oxygens (including phenoxy) is 2. The van der Waals surface area contributed by atoms with E-state index in [0.29, 0.717) is 64.1 Å². The summed E-state index contributed by atoms with van der Waals surface area (Å²) in [6, 6.07) is 0.949. The molecule has 0 bridgehead atoms. The van der Waals surface area contributed by atoms with E-state index >= 15 is 0 Å². The monoisotopic (exact) mass is 576 g/mol. The van der Waals surface area contributed by atoms with Crippen molar-refractivity contribution < 1.29 is 36.0 Å². The highest BCUT2D eigenvalue weighted by Gasteiger charge is 2.46. The molecule has 0 aromatic heterocycles. The molecule has 38 heavy (non-hydrogen) atoms. The Hall–Kier alpha value is -0.146. The van der Waals surface area contributed by atoms with Crippen molar-refractivity contribution in [2.75, 3.05) is 39.6 Å². The lowest BCUT2D eigenvalue weighted by molar-refractivity contribution is 0.0691. The first-order valence-corrected chi connectivity index (χ1v) is 18.5. The summed E-state index contributed by atoms with van der Waals surface area (Å²) >= 11 is 0. The molecule has 2 saturated heterocycles. The Morgan fingerprint density at radius 2 is 1.18 bits per heavy atom. The van der Waals surface area contributed by atoms with Crippen molar-refractivity contribution in [3.05, 3.63) is 12.7 Å². The third kappa shape index (κ3) is 12.6.